The zero-order valence-corrected chi connectivity index (χ0v) is 16.9. The number of amides is 2. The van der Waals surface area contributed by atoms with E-state index in [0.29, 0.717) is 25.6 Å². The van der Waals surface area contributed by atoms with Crippen LogP contribution in [0.25, 0.3) is 0 Å². The molecule has 3 heterocycles. The molecule has 0 saturated carbocycles. The van der Waals surface area contributed by atoms with Gasteiger partial charge in [-0.05, 0) is 52.3 Å². The van der Waals surface area contributed by atoms with Crippen LogP contribution in [0, 0.1) is 5.41 Å². The van der Waals surface area contributed by atoms with E-state index < -0.39 is 0 Å². The minimum atomic E-state index is 0.0347. The van der Waals surface area contributed by atoms with Crippen LogP contribution in [0.5, 0.6) is 0 Å². The second-order valence-corrected chi connectivity index (χ2v) is 8.50. The van der Waals surface area contributed by atoms with E-state index in [9.17, 15) is 9.59 Å². The van der Waals surface area contributed by atoms with Crippen molar-refractivity contribution in [2.24, 2.45) is 5.41 Å². The Kier molecular flexibility index (Phi) is 6.15. The third-order valence-electron chi connectivity index (χ3n) is 6.11. The number of pyridine rings is 1. The lowest BCUT2D eigenvalue weighted by atomic mass is 9.73. The summed E-state index contributed by atoms with van der Waals surface area (Å²) in [6, 6.07) is 6.17. The molecule has 3 rings (SSSR count). The van der Waals surface area contributed by atoms with Crippen LogP contribution >= 0.6 is 0 Å². The highest BCUT2D eigenvalue weighted by Crippen LogP contribution is 2.39. The highest BCUT2D eigenvalue weighted by molar-refractivity contribution is 5.79. The van der Waals surface area contributed by atoms with Gasteiger partial charge < -0.3 is 9.80 Å². The van der Waals surface area contributed by atoms with Gasteiger partial charge >= 0.3 is 0 Å². The average molecular weight is 373 g/mol. The minimum Gasteiger partial charge on any atom is -0.341 e. The SMILES string of the molecule is CC(C)N(C)CC(=O)N1CCC[C@]2(CCC(=O)N(Cc3ccccn3)C2)C1. The van der Waals surface area contributed by atoms with E-state index >= 15 is 0 Å². The number of aromatic nitrogens is 1. The molecule has 2 amide bonds. The van der Waals surface area contributed by atoms with E-state index in [0.717, 1.165) is 44.6 Å². The molecular weight excluding hydrogens is 340 g/mol. The number of piperidine rings is 2. The molecule has 2 aliphatic rings. The van der Waals surface area contributed by atoms with Crippen molar-refractivity contribution in [1.82, 2.24) is 19.7 Å². The number of carbonyl (C=O) groups excluding carboxylic acids is 2. The molecule has 0 unspecified atom stereocenters. The fraction of sp³-hybridized carbons (Fsp3) is 0.667. The third kappa shape index (κ3) is 4.86. The molecule has 2 saturated heterocycles. The quantitative estimate of drug-likeness (QED) is 0.795. The van der Waals surface area contributed by atoms with E-state index in [4.69, 9.17) is 0 Å². The second kappa shape index (κ2) is 8.38. The van der Waals surface area contributed by atoms with Crippen molar-refractivity contribution >= 4 is 11.8 Å². The fourth-order valence-electron chi connectivity index (χ4n) is 4.18. The van der Waals surface area contributed by atoms with Crippen LogP contribution in [-0.4, -0.2) is 70.8 Å². The van der Waals surface area contributed by atoms with E-state index in [1.54, 1.807) is 6.20 Å². The van der Waals surface area contributed by atoms with Gasteiger partial charge in [0.25, 0.3) is 0 Å². The standard InChI is InChI=1S/C21H32N4O2/c1-17(2)23(3)14-20(27)24-12-6-9-21(15-24)10-8-19(26)25(16-21)13-18-7-4-5-11-22-18/h4-5,7,11,17H,6,8-10,12-16H2,1-3H3/t21-/m0/s1. The fourth-order valence-corrected chi connectivity index (χ4v) is 4.18. The molecule has 1 aromatic heterocycles. The Morgan fingerprint density at radius 1 is 1.30 bits per heavy atom. The molecule has 0 bridgehead atoms. The summed E-state index contributed by atoms with van der Waals surface area (Å²) in [7, 11) is 2.00. The molecule has 6 nitrogen and oxygen atoms in total. The number of likely N-dealkylation sites (N-methyl/N-ethyl adjacent to an activating group) is 1. The van der Waals surface area contributed by atoms with Crippen LogP contribution < -0.4 is 0 Å². The van der Waals surface area contributed by atoms with Crippen molar-refractivity contribution in [2.75, 3.05) is 33.2 Å². The molecule has 0 N–H and O–H groups in total. The Balaban J connectivity index is 1.65. The van der Waals surface area contributed by atoms with Crippen molar-refractivity contribution < 1.29 is 9.59 Å². The summed E-state index contributed by atoms with van der Waals surface area (Å²) in [6.07, 6.45) is 5.33. The lowest BCUT2D eigenvalue weighted by Crippen LogP contribution is -2.56. The predicted molar refractivity (Wildman–Crippen MR) is 105 cm³/mol. The zero-order valence-electron chi connectivity index (χ0n) is 16.9. The van der Waals surface area contributed by atoms with Gasteiger partial charge in [-0.25, -0.2) is 0 Å². The zero-order chi connectivity index (χ0) is 19.4. The summed E-state index contributed by atoms with van der Waals surface area (Å²) in [4.78, 5) is 35.7. The van der Waals surface area contributed by atoms with Gasteiger partial charge in [0.1, 0.15) is 0 Å². The summed E-state index contributed by atoms with van der Waals surface area (Å²) in [5.74, 6) is 0.410. The van der Waals surface area contributed by atoms with Crippen molar-refractivity contribution in [3.8, 4) is 0 Å². The van der Waals surface area contributed by atoms with Crippen LogP contribution in [-0.2, 0) is 16.1 Å². The van der Waals surface area contributed by atoms with E-state index in [1.807, 2.05) is 35.0 Å². The second-order valence-electron chi connectivity index (χ2n) is 8.50. The smallest absolute Gasteiger partial charge is 0.236 e. The van der Waals surface area contributed by atoms with Gasteiger partial charge in [0.2, 0.25) is 11.8 Å². The summed E-state index contributed by atoms with van der Waals surface area (Å²) in [5, 5.41) is 0. The van der Waals surface area contributed by atoms with Gasteiger partial charge in [-0.15, -0.1) is 0 Å². The Hall–Kier alpha value is -1.95. The number of carbonyl (C=O) groups is 2. The Morgan fingerprint density at radius 2 is 2.11 bits per heavy atom. The lowest BCUT2D eigenvalue weighted by molar-refractivity contribution is -0.144. The number of rotatable bonds is 5. The molecule has 148 valence electrons. The third-order valence-corrected chi connectivity index (χ3v) is 6.11. The number of hydrogen-bond donors (Lipinski definition) is 0. The van der Waals surface area contributed by atoms with Crippen LogP contribution in [0.1, 0.15) is 45.2 Å². The summed E-state index contributed by atoms with van der Waals surface area (Å²) < 4.78 is 0. The molecule has 1 aromatic rings. The van der Waals surface area contributed by atoms with E-state index in [-0.39, 0.29) is 17.2 Å². The maximum atomic E-state index is 12.8. The Labute approximate surface area is 162 Å². The number of nitrogens with zero attached hydrogens (tertiary/aromatic N) is 4. The predicted octanol–water partition coefficient (Wildman–Crippen LogP) is 2.15. The van der Waals surface area contributed by atoms with Crippen LogP contribution in [0.2, 0.25) is 0 Å². The molecular formula is C21H32N4O2. The Morgan fingerprint density at radius 3 is 2.81 bits per heavy atom. The van der Waals surface area contributed by atoms with Gasteiger partial charge in [0, 0.05) is 43.7 Å². The maximum absolute atomic E-state index is 12.8. The van der Waals surface area contributed by atoms with Crippen molar-refractivity contribution in [2.45, 2.75) is 52.1 Å². The van der Waals surface area contributed by atoms with Gasteiger partial charge in [0.15, 0.2) is 0 Å². The summed E-state index contributed by atoms with van der Waals surface area (Å²) >= 11 is 0. The molecule has 2 fully saturated rings. The van der Waals surface area contributed by atoms with E-state index in [2.05, 4.69) is 23.7 Å². The number of hydrogen-bond acceptors (Lipinski definition) is 4. The highest BCUT2D eigenvalue weighted by atomic mass is 16.2. The Bertz CT molecular complexity index is 663. The van der Waals surface area contributed by atoms with Crippen LogP contribution in [0.4, 0.5) is 0 Å². The molecule has 2 aliphatic heterocycles. The molecule has 1 atom stereocenters. The molecule has 0 radical (unpaired) electrons. The van der Waals surface area contributed by atoms with Gasteiger partial charge in [-0.2, -0.15) is 0 Å². The molecule has 0 aromatic carbocycles. The highest BCUT2D eigenvalue weighted by Gasteiger charge is 2.42. The number of likely N-dealkylation sites (tertiary alicyclic amines) is 2. The first-order valence-electron chi connectivity index (χ1n) is 10.0. The lowest BCUT2D eigenvalue weighted by Gasteiger charge is -2.48. The molecule has 1 spiro atoms. The van der Waals surface area contributed by atoms with Crippen LogP contribution in [0.15, 0.2) is 24.4 Å². The first-order chi connectivity index (χ1) is 12.9. The first-order valence-corrected chi connectivity index (χ1v) is 10.0. The van der Waals surface area contributed by atoms with Crippen molar-refractivity contribution in [3.63, 3.8) is 0 Å². The molecule has 6 heteroatoms. The largest absolute Gasteiger partial charge is 0.341 e. The van der Waals surface area contributed by atoms with Crippen molar-refractivity contribution in [1.29, 1.82) is 0 Å². The summed E-state index contributed by atoms with van der Waals surface area (Å²) in [6.45, 7) is 7.56. The summed E-state index contributed by atoms with van der Waals surface area (Å²) in [5.41, 5.74) is 0.956. The van der Waals surface area contributed by atoms with E-state index in [1.165, 1.54) is 0 Å². The molecule has 27 heavy (non-hydrogen) atoms. The maximum Gasteiger partial charge on any atom is 0.236 e. The van der Waals surface area contributed by atoms with Crippen molar-refractivity contribution in [3.05, 3.63) is 30.1 Å². The molecule has 0 aliphatic carbocycles. The monoisotopic (exact) mass is 372 g/mol. The van der Waals surface area contributed by atoms with Gasteiger partial charge in [-0.3, -0.25) is 19.5 Å². The normalized spacial score (nSPS) is 23.5. The average Bonchev–Trinajstić information content (AvgIpc) is 2.66. The van der Waals surface area contributed by atoms with Gasteiger partial charge in [0.05, 0.1) is 18.8 Å². The van der Waals surface area contributed by atoms with Gasteiger partial charge in [-0.1, -0.05) is 6.07 Å². The topological polar surface area (TPSA) is 56.8 Å². The first kappa shape index (κ1) is 19.8. The minimum absolute atomic E-state index is 0.0347. The van der Waals surface area contributed by atoms with Crippen LogP contribution in [0.3, 0.4) is 0 Å².